The summed E-state index contributed by atoms with van der Waals surface area (Å²) < 4.78 is 26.1. The van der Waals surface area contributed by atoms with Crippen molar-refractivity contribution in [1.29, 1.82) is 0 Å². The maximum atomic E-state index is 12.5. The number of hydrogen-bond acceptors (Lipinski definition) is 5. The topological polar surface area (TPSA) is 107 Å². The number of sulfonamides is 1. The summed E-state index contributed by atoms with van der Waals surface area (Å²) in [5, 5.41) is 11.2. The van der Waals surface area contributed by atoms with Crippen molar-refractivity contribution in [1.82, 2.24) is 4.31 Å². The molecule has 0 spiro atoms. The second-order valence-electron chi connectivity index (χ2n) is 5.19. The Morgan fingerprint density at radius 3 is 2.16 bits per heavy atom. The van der Waals surface area contributed by atoms with Crippen molar-refractivity contribution in [3.8, 4) is 0 Å². The number of non-ortho nitro benzene ring substituents is 1. The molecule has 1 atom stereocenters. The largest absolute Gasteiger partial charge is 0.323 e. The predicted octanol–water partition coefficient (Wildman–Crippen LogP) is 2.99. The molecule has 136 valence electrons. The van der Waals surface area contributed by atoms with Gasteiger partial charge >= 0.3 is 0 Å². The molecule has 10 heteroatoms. The van der Waals surface area contributed by atoms with Crippen LogP contribution in [0.1, 0.15) is 11.6 Å². The fraction of sp³-hybridized carbons (Fsp3) is 0.200. The van der Waals surface area contributed by atoms with Crippen molar-refractivity contribution in [2.75, 3.05) is 13.6 Å². The first-order valence-corrected chi connectivity index (χ1v) is 8.75. The zero-order valence-corrected chi connectivity index (χ0v) is 15.6. The minimum absolute atomic E-state index is 0. The van der Waals surface area contributed by atoms with Crippen LogP contribution >= 0.6 is 24.0 Å². The number of nitrogens with zero attached hydrogens (tertiary/aromatic N) is 2. The van der Waals surface area contributed by atoms with Crippen LogP contribution in [-0.2, 0) is 10.0 Å². The SMILES string of the molecule is CN(C[C@H](N)c1ccc(Cl)cc1)S(=O)(=O)c1ccc([N+](=O)[O-])cc1.Cl. The van der Waals surface area contributed by atoms with Gasteiger partial charge in [0.1, 0.15) is 0 Å². The molecule has 0 saturated heterocycles. The van der Waals surface area contributed by atoms with E-state index in [0.717, 1.165) is 22.0 Å². The lowest BCUT2D eigenvalue weighted by atomic mass is 10.1. The first kappa shape index (κ1) is 21.3. The van der Waals surface area contributed by atoms with Gasteiger partial charge in [0.2, 0.25) is 10.0 Å². The predicted molar refractivity (Wildman–Crippen MR) is 98.5 cm³/mol. The Balaban J connectivity index is 0.00000312. The maximum absolute atomic E-state index is 12.5. The van der Waals surface area contributed by atoms with Crippen molar-refractivity contribution in [3.63, 3.8) is 0 Å². The number of hydrogen-bond donors (Lipinski definition) is 1. The second-order valence-corrected chi connectivity index (χ2v) is 7.68. The highest BCUT2D eigenvalue weighted by Gasteiger charge is 2.23. The Bertz CT molecular complexity index is 827. The summed E-state index contributed by atoms with van der Waals surface area (Å²) in [6.45, 7) is 0.0565. The molecule has 2 aromatic rings. The van der Waals surface area contributed by atoms with Crippen LogP contribution in [0.4, 0.5) is 5.69 Å². The summed E-state index contributed by atoms with van der Waals surface area (Å²) in [7, 11) is -2.38. The summed E-state index contributed by atoms with van der Waals surface area (Å²) in [5.74, 6) is 0. The molecule has 2 rings (SSSR count). The molecule has 0 unspecified atom stereocenters. The van der Waals surface area contributed by atoms with Crippen LogP contribution in [0, 0.1) is 10.1 Å². The highest BCUT2D eigenvalue weighted by atomic mass is 35.5. The molecule has 0 fully saturated rings. The van der Waals surface area contributed by atoms with Gasteiger partial charge in [-0.3, -0.25) is 10.1 Å². The van der Waals surface area contributed by atoms with Crippen molar-refractivity contribution in [3.05, 3.63) is 69.2 Å². The van der Waals surface area contributed by atoms with E-state index in [9.17, 15) is 18.5 Å². The van der Waals surface area contributed by atoms with Gasteiger partial charge in [-0.05, 0) is 29.8 Å². The second kappa shape index (κ2) is 8.59. The smallest absolute Gasteiger partial charge is 0.269 e. The van der Waals surface area contributed by atoms with Crippen molar-refractivity contribution >= 4 is 39.7 Å². The highest BCUT2D eigenvalue weighted by Crippen LogP contribution is 2.21. The molecule has 0 amide bonds. The van der Waals surface area contributed by atoms with Gasteiger partial charge in [0.15, 0.2) is 0 Å². The number of likely N-dealkylation sites (N-methyl/N-ethyl adjacent to an activating group) is 1. The zero-order chi connectivity index (χ0) is 17.9. The average molecular weight is 406 g/mol. The highest BCUT2D eigenvalue weighted by molar-refractivity contribution is 7.89. The van der Waals surface area contributed by atoms with Gasteiger partial charge in [0.25, 0.3) is 5.69 Å². The average Bonchev–Trinajstić information content (AvgIpc) is 2.55. The molecule has 0 bridgehead atoms. The Morgan fingerprint density at radius 1 is 1.16 bits per heavy atom. The lowest BCUT2D eigenvalue weighted by Gasteiger charge is -2.21. The summed E-state index contributed by atoms with van der Waals surface area (Å²) in [4.78, 5) is 10.0. The van der Waals surface area contributed by atoms with Crippen LogP contribution < -0.4 is 5.73 Å². The molecule has 25 heavy (non-hydrogen) atoms. The van der Waals surface area contributed by atoms with Gasteiger partial charge in [-0.1, -0.05) is 23.7 Å². The monoisotopic (exact) mass is 405 g/mol. The molecule has 2 N–H and O–H groups in total. The number of nitro benzene ring substituents is 1. The number of nitrogens with two attached hydrogens (primary N) is 1. The van der Waals surface area contributed by atoms with Gasteiger partial charge in [0, 0.05) is 36.8 Å². The molecule has 0 aliphatic carbocycles. The standard InChI is InChI=1S/C15H16ClN3O4S.ClH/c1-18(10-15(17)11-2-4-12(16)5-3-11)24(22,23)14-8-6-13(7-9-14)19(20)21;/h2-9,15H,10,17H2,1H3;1H/t15-;/m0./s1. The quantitative estimate of drug-likeness (QED) is 0.586. The minimum atomic E-state index is -3.79. The Morgan fingerprint density at radius 2 is 1.68 bits per heavy atom. The van der Waals surface area contributed by atoms with Crippen molar-refractivity contribution < 1.29 is 13.3 Å². The molecule has 0 aliphatic rings. The molecule has 0 radical (unpaired) electrons. The summed E-state index contributed by atoms with van der Waals surface area (Å²) in [6.07, 6.45) is 0. The minimum Gasteiger partial charge on any atom is -0.323 e. The molecule has 7 nitrogen and oxygen atoms in total. The Kier molecular flexibility index (Phi) is 7.33. The van der Waals surface area contributed by atoms with E-state index in [4.69, 9.17) is 17.3 Å². The van der Waals surface area contributed by atoms with Crippen LogP contribution in [0.3, 0.4) is 0 Å². The van der Waals surface area contributed by atoms with Crippen molar-refractivity contribution in [2.45, 2.75) is 10.9 Å². The van der Waals surface area contributed by atoms with Gasteiger partial charge in [-0.25, -0.2) is 8.42 Å². The van der Waals surface area contributed by atoms with Gasteiger partial charge in [0.05, 0.1) is 9.82 Å². The first-order valence-electron chi connectivity index (χ1n) is 6.93. The van der Waals surface area contributed by atoms with Crippen LogP contribution in [-0.4, -0.2) is 31.2 Å². The number of nitro groups is 1. The van der Waals surface area contributed by atoms with Gasteiger partial charge in [-0.15, -0.1) is 12.4 Å². The van der Waals surface area contributed by atoms with E-state index in [1.54, 1.807) is 24.3 Å². The number of benzene rings is 2. The normalized spacial score (nSPS) is 12.5. The van der Waals surface area contributed by atoms with E-state index in [1.165, 1.54) is 19.2 Å². The Hall–Kier alpha value is -1.71. The van der Waals surface area contributed by atoms with E-state index in [-0.39, 0.29) is 29.5 Å². The summed E-state index contributed by atoms with van der Waals surface area (Å²) in [5.41, 5.74) is 6.63. The third-order valence-electron chi connectivity index (χ3n) is 3.51. The lowest BCUT2D eigenvalue weighted by molar-refractivity contribution is -0.384. The fourth-order valence-electron chi connectivity index (χ4n) is 2.11. The third kappa shape index (κ3) is 5.13. The van der Waals surface area contributed by atoms with E-state index in [2.05, 4.69) is 0 Å². The van der Waals surface area contributed by atoms with E-state index in [0.29, 0.717) is 5.02 Å². The molecule has 0 saturated carbocycles. The fourth-order valence-corrected chi connectivity index (χ4v) is 3.43. The van der Waals surface area contributed by atoms with Crippen LogP contribution in [0.2, 0.25) is 5.02 Å². The number of halogens is 2. The van der Waals surface area contributed by atoms with Crippen LogP contribution in [0.25, 0.3) is 0 Å². The lowest BCUT2D eigenvalue weighted by Crippen LogP contribution is -2.34. The van der Waals surface area contributed by atoms with E-state index >= 15 is 0 Å². The molecule has 0 heterocycles. The van der Waals surface area contributed by atoms with Gasteiger partial charge in [-0.2, -0.15) is 4.31 Å². The number of rotatable bonds is 6. The summed E-state index contributed by atoms with van der Waals surface area (Å²) in [6, 6.07) is 11.0. The summed E-state index contributed by atoms with van der Waals surface area (Å²) >= 11 is 5.81. The first-order chi connectivity index (χ1) is 11.2. The molecule has 2 aromatic carbocycles. The van der Waals surface area contributed by atoms with Crippen molar-refractivity contribution in [2.24, 2.45) is 5.73 Å². The molecular weight excluding hydrogens is 389 g/mol. The molecule has 0 aromatic heterocycles. The van der Waals surface area contributed by atoms with Gasteiger partial charge < -0.3 is 5.73 Å². The molecule has 0 aliphatic heterocycles. The molecular formula is C15H17Cl2N3O4S. The Labute approximate surface area is 157 Å². The zero-order valence-electron chi connectivity index (χ0n) is 13.2. The van der Waals surface area contributed by atoms with E-state index < -0.39 is 21.0 Å². The van der Waals surface area contributed by atoms with Crippen LogP contribution in [0.15, 0.2) is 53.4 Å². The van der Waals surface area contributed by atoms with Crippen LogP contribution in [0.5, 0.6) is 0 Å². The third-order valence-corrected chi connectivity index (χ3v) is 5.60. The maximum Gasteiger partial charge on any atom is 0.269 e. The van der Waals surface area contributed by atoms with E-state index in [1.807, 2.05) is 0 Å².